The van der Waals surface area contributed by atoms with Crippen molar-refractivity contribution in [2.75, 3.05) is 24.7 Å². The van der Waals surface area contributed by atoms with E-state index in [1.165, 1.54) is 21.2 Å². The van der Waals surface area contributed by atoms with Crippen LogP contribution in [-0.2, 0) is 9.59 Å². The summed E-state index contributed by atoms with van der Waals surface area (Å²) in [7, 11) is 1.59. The number of imidazole rings is 1. The van der Waals surface area contributed by atoms with Crippen molar-refractivity contribution in [3.63, 3.8) is 0 Å². The van der Waals surface area contributed by atoms with Gasteiger partial charge < -0.3 is 10.1 Å². The molecule has 1 aromatic heterocycles. The van der Waals surface area contributed by atoms with Gasteiger partial charge in [-0.05, 0) is 54.1 Å². The molecular weight excluding hydrogens is 600 g/mol. The molecule has 0 bridgehead atoms. The van der Waals surface area contributed by atoms with Crippen LogP contribution in [0.5, 0.6) is 5.75 Å². The molecule has 0 radical (unpaired) electrons. The zero-order chi connectivity index (χ0) is 28.9. The molecule has 1 aliphatic heterocycles. The summed E-state index contributed by atoms with van der Waals surface area (Å²) < 4.78 is 7.07. The van der Waals surface area contributed by atoms with Crippen LogP contribution in [0.15, 0.2) is 82.9 Å². The van der Waals surface area contributed by atoms with E-state index in [-0.39, 0.29) is 36.4 Å². The number of benzene rings is 3. The van der Waals surface area contributed by atoms with Crippen LogP contribution in [-0.4, -0.2) is 55.9 Å². The molecular formula is C29H23ClN4O4S3. The van der Waals surface area contributed by atoms with Crippen LogP contribution in [0.4, 0.5) is 5.69 Å². The van der Waals surface area contributed by atoms with Crippen molar-refractivity contribution in [3.8, 4) is 5.75 Å². The molecule has 2 heterocycles. The predicted molar refractivity (Wildman–Crippen MR) is 169 cm³/mol. The molecule has 1 aliphatic rings. The third-order valence-electron chi connectivity index (χ3n) is 6.06. The molecule has 4 aromatic rings. The number of fused-ring (bicyclic) bond motifs is 1. The topological polar surface area (TPSA) is 93.5 Å². The Hall–Kier alpha value is -3.64. The number of thiocarbonyl (C=S) groups is 1. The van der Waals surface area contributed by atoms with Gasteiger partial charge in [0.05, 0.1) is 28.8 Å². The van der Waals surface area contributed by atoms with Gasteiger partial charge in [-0.3, -0.25) is 23.9 Å². The fraction of sp³-hybridized carbons (Fsp3) is 0.138. The highest BCUT2D eigenvalue weighted by molar-refractivity contribution is 8.26. The van der Waals surface area contributed by atoms with Gasteiger partial charge in [0.25, 0.3) is 5.91 Å². The van der Waals surface area contributed by atoms with Gasteiger partial charge in [0.15, 0.2) is 5.16 Å². The van der Waals surface area contributed by atoms with Crippen molar-refractivity contribution in [1.29, 1.82) is 0 Å². The van der Waals surface area contributed by atoms with Crippen molar-refractivity contribution in [2.45, 2.75) is 11.6 Å². The number of aromatic nitrogens is 2. The summed E-state index contributed by atoms with van der Waals surface area (Å²) in [5, 5.41) is 3.70. The number of rotatable bonds is 9. The van der Waals surface area contributed by atoms with Crippen LogP contribution in [0.2, 0.25) is 5.02 Å². The van der Waals surface area contributed by atoms with E-state index in [0.717, 1.165) is 23.1 Å². The summed E-state index contributed by atoms with van der Waals surface area (Å²) in [6.07, 6.45) is 1.79. The number of amides is 2. The molecule has 0 spiro atoms. The first-order valence-electron chi connectivity index (χ1n) is 12.4. The molecule has 0 atom stereocenters. The Labute approximate surface area is 255 Å². The molecule has 208 valence electrons. The molecule has 1 fully saturated rings. The van der Waals surface area contributed by atoms with E-state index in [0.29, 0.717) is 36.1 Å². The molecule has 1 saturated heterocycles. The molecule has 5 rings (SSSR count). The molecule has 2 amide bonds. The number of hydrogen-bond acceptors (Lipinski definition) is 8. The van der Waals surface area contributed by atoms with Crippen molar-refractivity contribution in [1.82, 2.24) is 14.5 Å². The average molecular weight is 623 g/mol. The largest absolute Gasteiger partial charge is 0.497 e. The van der Waals surface area contributed by atoms with Gasteiger partial charge in [-0.15, -0.1) is 0 Å². The molecule has 0 unspecified atom stereocenters. The number of para-hydroxylation sites is 2. The minimum atomic E-state index is -0.260. The smallest absolute Gasteiger partial charge is 0.266 e. The fourth-order valence-corrected chi connectivity index (χ4v) is 6.42. The Morgan fingerprint density at radius 3 is 2.66 bits per heavy atom. The molecule has 3 aromatic carbocycles. The Morgan fingerprint density at radius 2 is 1.90 bits per heavy atom. The maximum Gasteiger partial charge on any atom is 0.266 e. The fourth-order valence-electron chi connectivity index (χ4n) is 4.10. The molecule has 8 nitrogen and oxygen atoms in total. The lowest BCUT2D eigenvalue weighted by atomic mass is 10.2. The van der Waals surface area contributed by atoms with E-state index in [9.17, 15) is 14.4 Å². The summed E-state index contributed by atoms with van der Waals surface area (Å²) in [4.78, 5) is 45.7. The Kier molecular flexibility index (Phi) is 9.09. The van der Waals surface area contributed by atoms with Crippen molar-refractivity contribution in [2.24, 2.45) is 0 Å². The highest BCUT2D eigenvalue weighted by atomic mass is 35.5. The number of halogens is 1. The second kappa shape index (κ2) is 12.9. The second-order valence-corrected chi connectivity index (χ2v) is 11.9. The summed E-state index contributed by atoms with van der Waals surface area (Å²) in [5.41, 5.74) is 2.68. The number of carbonyl (C=O) groups excluding carboxylic acids is 3. The van der Waals surface area contributed by atoms with Crippen molar-refractivity contribution >= 4 is 92.2 Å². The Balaban J connectivity index is 1.27. The van der Waals surface area contributed by atoms with E-state index >= 15 is 0 Å². The van der Waals surface area contributed by atoms with Crippen LogP contribution in [0.25, 0.3) is 17.1 Å². The van der Waals surface area contributed by atoms with Gasteiger partial charge in [-0.25, -0.2) is 4.98 Å². The quantitative estimate of drug-likeness (QED) is 0.131. The highest BCUT2D eigenvalue weighted by Gasteiger charge is 2.32. The molecule has 12 heteroatoms. The summed E-state index contributed by atoms with van der Waals surface area (Å²) in [6.45, 7) is 0.120. The minimum Gasteiger partial charge on any atom is -0.497 e. The summed E-state index contributed by atoms with van der Waals surface area (Å²) in [5.74, 6) is -0.00592. The van der Waals surface area contributed by atoms with E-state index in [4.69, 9.17) is 28.6 Å². The van der Waals surface area contributed by atoms with E-state index in [1.54, 1.807) is 49.6 Å². The zero-order valence-corrected chi connectivity index (χ0v) is 24.9. The molecule has 41 heavy (non-hydrogen) atoms. The average Bonchev–Trinajstić information content (AvgIpc) is 3.47. The SMILES string of the molecule is COc1ccc(/C=C2\SC(=S)N(CCC(=O)n3c(SCC(=O)Nc4cccc(Cl)c4)nc4ccccc43)C2=O)cc1. The summed E-state index contributed by atoms with van der Waals surface area (Å²) >= 11 is 13.8. The monoisotopic (exact) mass is 622 g/mol. The highest BCUT2D eigenvalue weighted by Crippen LogP contribution is 2.33. The second-order valence-electron chi connectivity index (χ2n) is 8.82. The first-order chi connectivity index (χ1) is 19.8. The van der Waals surface area contributed by atoms with Gasteiger partial charge in [0, 0.05) is 23.7 Å². The van der Waals surface area contributed by atoms with Gasteiger partial charge in [0.1, 0.15) is 10.1 Å². The van der Waals surface area contributed by atoms with Gasteiger partial charge in [0.2, 0.25) is 11.8 Å². The third-order valence-corrected chi connectivity index (χ3v) is 8.61. The minimum absolute atomic E-state index is 0.0187. The summed E-state index contributed by atoms with van der Waals surface area (Å²) in [6, 6.07) is 21.5. The molecule has 0 aliphatic carbocycles. The first kappa shape index (κ1) is 28.9. The maximum absolute atomic E-state index is 13.5. The van der Waals surface area contributed by atoms with Crippen LogP contribution in [0.1, 0.15) is 16.8 Å². The Bertz CT molecular complexity index is 1690. The number of carbonyl (C=O) groups is 3. The Morgan fingerprint density at radius 1 is 1.12 bits per heavy atom. The predicted octanol–water partition coefficient (Wildman–Crippen LogP) is 6.36. The number of thioether (sulfide) groups is 2. The molecule has 1 N–H and O–H groups in total. The van der Waals surface area contributed by atoms with E-state index in [2.05, 4.69) is 10.3 Å². The first-order valence-corrected chi connectivity index (χ1v) is 15.0. The lowest BCUT2D eigenvalue weighted by molar-refractivity contribution is -0.122. The number of ether oxygens (including phenoxy) is 1. The standard InChI is InChI=1S/C29H23ClN4O4S3/c1-38-21-11-9-18(10-12-21)15-24-27(37)33(29(39)41-24)14-13-26(36)34-23-8-3-2-7-22(23)32-28(34)40-17-25(35)31-20-6-4-5-19(30)16-20/h2-12,15-16H,13-14,17H2,1H3,(H,31,35)/b24-15-. The van der Waals surface area contributed by atoms with Crippen LogP contribution >= 0.6 is 47.3 Å². The number of nitrogens with zero attached hydrogens (tertiary/aromatic N) is 3. The normalized spacial score (nSPS) is 14.2. The van der Waals surface area contributed by atoms with Crippen molar-refractivity contribution in [3.05, 3.63) is 88.3 Å². The van der Waals surface area contributed by atoms with Crippen LogP contribution < -0.4 is 10.1 Å². The van der Waals surface area contributed by atoms with Crippen molar-refractivity contribution < 1.29 is 19.1 Å². The lowest BCUT2D eigenvalue weighted by Crippen LogP contribution is -2.31. The van der Waals surface area contributed by atoms with Crippen LogP contribution in [0.3, 0.4) is 0 Å². The van der Waals surface area contributed by atoms with Gasteiger partial charge >= 0.3 is 0 Å². The van der Waals surface area contributed by atoms with E-state index < -0.39 is 0 Å². The number of hydrogen-bond donors (Lipinski definition) is 1. The number of anilines is 1. The lowest BCUT2D eigenvalue weighted by Gasteiger charge is -2.15. The third kappa shape index (κ3) is 6.82. The van der Waals surface area contributed by atoms with Gasteiger partial charge in [-0.1, -0.05) is 77.7 Å². The number of methoxy groups -OCH3 is 1. The van der Waals surface area contributed by atoms with Gasteiger partial charge in [-0.2, -0.15) is 0 Å². The zero-order valence-electron chi connectivity index (χ0n) is 21.7. The van der Waals surface area contributed by atoms with E-state index in [1.807, 2.05) is 36.4 Å². The maximum atomic E-state index is 13.5. The van der Waals surface area contributed by atoms with Crippen LogP contribution in [0, 0.1) is 0 Å². The number of nitrogens with one attached hydrogen (secondary N) is 1. The molecule has 0 saturated carbocycles.